The van der Waals surface area contributed by atoms with Crippen LogP contribution in [0, 0.1) is 0 Å². The molecule has 2 N–H and O–H groups in total. The first kappa shape index (κ1) is 15.4. The molecular formula is C11H16N4O5S. The van der Waals surface area contributed by atoms with Crippen LogP contribution in [0.25, 0.3) is 0 Å². The minimum Gasteiger partial charge on any atom is -0.462 e. The topological polar surface area (TPSA) is 121 Å². The molecule has 10 heteroatoms. The van der Waals surface area contributed by atoms with Crippen molar-refractivity contribution in [3.63, 3.8) is 0 Å². The Labute approximate surface area is 121 Å². The SMILES string of the molecule is CCOC(=O)c1cn[nH]c1S(=O)(=O)N1CCNC(=O)CC1. The zero-order valence-corrected chi connectivity index (χ0v) is 12.3. The zero-order valence-electron chi connectivity index (χ0n) is 11.5. The Morgan fingerprint density at radius 2 is 2.24 bits per heavy atom. The number of carbonyl (C=O) groups excluding carboxylic acids is 2. The van der Waals surface area contributed by atoms with Crippen molar-refractivity contribution in [2.75, 3.05) is 26.2 Å². The van der Waals surface area contributed by atoms with Crippen molar-refractivity contribution >= 4 is 21.9 Å². The van der Waals surface area contributed by atoms with Gasteiger partial charge >= 0.3 is 5.97 Å². The summed E-state index contributed by atoms with van der Waals surface area (Å²) in [5, 5.41) is 8.22. The van der Waals surface area contributed by atoms with Crippen LogP contribution in [0.3, 0.4) is 0 Å². The Bertz CT molecular complexity index is 639. The van der Waals surface area contributed by atoms with E-state index < -0.39 is 16.0 Å². The summed E-state index contributed by atoms with van der Waals surface area (Å²) >= 11 is 0. The molecule has 2 heterocycles. The second-order valence-corrected chi connectivity index (χ2v) is 6.21. The first-order chi connectivity index (χ1) is 9.96. The Hall–Kier alpha value is -1.94. The molecule has 1 fully saturated rings. The monoisotopic (exact) mass is 316 g/mol. The van der Waals surface area contributed by atoms with Crippen molar-refractivity contribution in [3.05, 3.63) is 11.8 Å². The fourth-order valence-corrected chi connectivity index (χ4v) is 3.44. The Morgan fingerprint density at radius 3 is 2.95 bits per heavy atom. The molecule has 0 aliphatic carbocycles. The number of nitrogens with one attached hydrogen (secondary N) is 2. The van der Waals surface area contributed by atoms with Gasteiger partial charge < -0.3 is 10.1 Å². The molecule has 0 atom stereocenters. The zero-order chi connectivity index (χ0) is 15.5. The Kier molecular flexibility index (Phi) is 4.58. The lowest BCUT2D eigenvalue weighted by molar-refractivity contribution is -0.120. The van der Waals surface area contributed by atoms with Crippen LogP contribution < -0.4 is 5.32 Å². The number of nitrogens with zero attached hydrogens (tertiary/aromatic N) is 2. The van der Waals surface area contributed by atoms with Crippen LogP contribution in [0.2, 0.25) is 0 Å². The molecular weight excluding hydrogens is 300 g/mol. The summed E-state index contributed by atoms with van der Waals surface area (Å²) in [6.07, 6.45) is 1.19. The van der Waals surface area contributed by atoms with E-state index in [-0.39, 0.29) is 49.2 Å². The van der Waals surface area contributed by atoms with Crippen molar-refractivity contribution in [3.8, 4) is 0 Å². The molecule has 1 amide bonds. The molecule has 0 radical (unpaired) electrons. The van der Waals surface area contributed by atoms with Gasteiger partial charge in [-0.25, -0.2) is 13.2 Å². The first-order valence-electron chi connectivity index (χ1n) is 6.44. The second kappa shape index (κ2) is 6.22. The third-order valence-corrected chi connectivity index (χ3v) is 4.84. The standard InChI is InChI=1S/C11H16N4O5S/c1-2-20-11(17)8-7-13-14-10(8)21(18,19)15-5-3-9(16)12-4-6-15/h7H,2-6H2,1H3,(H,12,16)(H,13,14). The summed E-state index contributed by atoms with van der Waals surface area (Å²) in [7, 11) is -3.94. The number of amides is 1. The number of esters is 1. The third-order valence-electron chi connectivity index (χ3n) is 2.97. The molecule has 0 unspecified atom stereocenters. The number of hydrogen-bond donors (Lipinski definition) is 2. The van der Waals surface area contributed by atoms with Crippen molar-refractivity contribution < 1.29 is 22.7 Å². The molecule has 9 nitrogen and oxygen atoms in total. The van der Waals surface area contributed by atoms with Gasteiger partial charge in [0.25, 0.3) is 10.0 Å². The molecule has 2 rings (SSSR count). The highest BCUT2D eigenvalue weighted by molar-refractivity contribution is 7.89. The predicted octanol–water partition coefficient (Wildman–Crippen LogP) is -0.903. The van der Waals surface area contributed by atoms with Crippen LogP contribution >= 0.6 is 0 Å². The number of ether oxygens (including phenoxy) is 1. The lowest BCUT2D eigenvalue weighted by Gasteiger charge is -2.18. The van der Waals surface area contributed by atoms with E-state index in [1.54, 1.807) is 6.92 Å². The van der Waals surface area contributed by atoms with Crippen LogP contribution in [0.1, 0.15) is 23.7 Å². The third kappa shape index (κ3) is 3.22. The quantitative estimate of drug-likeness (QED) is 0.694. The van der Waals surface area contributed by atoms with Crippen molar-refractivity contribution in [2.45, 2.75) is 18.4 Å². The summed E-state index contributed by atoms with van der Waals surface area (Å²) in [6, 6.07) is 0. The van der Waals surface area contributed by atoms with Gasteiger partial charge in [0.2, 0.25) is 5.91 Å². The van der Waals surface area contributed by atoms with Gasteiger partial charge in [-0.1, -0.05) is 0 Å². The highest BCUT2D eigenvalue weighted by atomic mass is 32.2. The minimum absolute atomic E-state index is 0.0510. The molecule has 1 aliphatic rings. The molecule has 1 aromatic heterocycles. The van der Waals surface area contributed by atoms with Gasteiger partial charge in [0, 0.05) is 26.1 Å². The molecule has 0 bridgehead atoms. The lowest BCUT2D eigenvalue weighted by atomic mass is 10.4. The smallest absolute Gasteiger partial charge is 0.342 e. The van der Waals surface area contributed by atoms with E-state index in [1.807, 2.05) is 0 Å². The number of carbonyl (C=O) groups is 2. The summed E-state index contributed by atoms with van der Waals surface area (Å²) < 4.78 is 31.0. The molecule has 1 aliphatic heterocycles. The average molecular weight is 316 g/mol. The number of hydrogen-bond acceptors (Lipinski definition) is 6. The summed E-state index contributed by atoms with van der Waals surface area (Å²) in [4.78, 5) is 23.0. The molecule has 116 valence electrons. The normalized spacial score (nSPS) is 17.1. The number of H-pyrrole nitrogens is 1. The maximum atomic E-state index is 12.5. The highest BCUT2D eigenvalue weighted by Crippen LogP contribution is 2.19. The number of aromatic amines is 1. The van der Waals surface area contributed by atoms with E-state index in [9.17, 15) is 18.0 Å². The summed E-state index contributed by atoms with van der Waals surface area (Å²) in [5.74, 6) is -0.961. The predicted molar refractivity (Wildman–Crippen MR) is 70.9 cm³/mol. The van der Waals surface area contributed by atoms with E-state index in [2.05, 4.69) is 15.5 Å². The van der Waals surface area contributed by atoms with Gasteiger partial charge in [-0.15, -0.1) is 0 Å². The van der Waals surface area contributed by atoms with Crippen molar-refractivity contribution in [1.29, 1.82) is 0 Å². The van der Waals surface area contributed by atoms with Gasteiger partial charge in [0.05, 0.1) is 12.8 Å². The highest BCUT2D eigenvalue weighted by Gasteiger charge is 2.32. The van der Waals surface area contributed by atoms with Crippen LogP contribution in [0.15, 0.2) is 11.2 Å². The van der Waals surface area contributed by atoms with Gasteiger partial charge in [0.15, 0.2) is 5.03 Å². The molecule has 1 saturated heterocycles. The van der Waals surface area contributed by atoms with Gasteiger partial charge in [-0.2, -0.15) is 9.40 Å². The van der Waals surface area contributed by atoms with E-state index in [0.29, 0.717) is 0 Å². The van der Waals surface area contributed by atoms with Gasteiger partial charge in [-0.3, -0.25) is 9.89 Å². The molecule has 1 aromatic rings. The fourth-order valence-electron chi connectivity index (χ4n) is 1.94. The van der Waals surface area contributed by atoms with Crippen molar-refractivity contribution in [2.24, 2.45) is 0 Å². The Morgan fingerprint density at radius 1 is 1.48 bits per heavy atom. The van der Waals surface area contributed by atoms with Crippen LogP contribution in [0.4, 0.5) is 0 Å². The lowest BCUT2D eigenvalue weighted by Crippen LogP contribution is -2.35. The maximum absolute atomic E-state index is 12.5. The van der Waals surface area contributed by atoms with Crippen molar-refractivity contribution in [1.82, 2.24) is 19.8 Å². The number of aromatic nitrogens is 2. The minimum atomic E-state index is -3.94. The van der Waals surface area contributed by atoms with Crippen LogP contribution in [0.5, 0.6) is 0 Å². The number of rotatable bonds is 4. The van der Waals surface area contributed by atoms with Gasteiger partial charge in [-0.05, 0) is 6.92 Å². The van der Waals surface area contributed by atoms with Crippen LogP contribution in [-0.2, 0) is 19.6 Å². The fraction of sp³-hybridized carbons (Fsp3) is 0.545. The van der Waals surface area contributed by atoms with E-state index >= 15 is 0 Å². The van der Waals surface area contributed by atoms with Gasteiger partial charge in [0.1, 0.15) is 5.56 Å². The largest absolute Gasteiger partial charge is 0.462 e. The van der Waals surface area contributed by atoms with E-state index in [1.165, 1.54) is 0 Å². The molecule has 0 aromatic carbocycles. The van der Waals surface area contributed by atoms with E-state index in [0.717, 1.165) is 10.5 Å². The second-order valence-electron chi connectivity index (χ2n) is 4.34. The number of sulfonamides is 1. The average Bonchev–Trinajstić information content (AvgIpc) is 2.83. The Balaban J connectivity index is 2.29. The summed E-state index contributed by atoms with van der Waals surface area (Å²) in [6.45, 7) is 2.16. The molecule has 0 saturated carbocycles. The summed E-state index contributed by atoms with van der Waals surface area (Å²) in [5.41, 5.74) is -0.139. The maximum Gasteiger partial charge on any atom is 0.342 e. The van der Waals surface area contributed by atoms with Crippen LogP contribution in [-0.4, -0.2) is 61.0 Å². The first-order valence-corrected chi connectivity index (χ1v) is 7.88. The molecule has 0 spiro atoms. The molecule has 21 heavy (non-hydrogen) atoms. The van der Waals surface area contributed by atoms with E-state index in [4.69, 9.17) is 4.74 Å².